The zero-order valence-corrected chi connectivity index (χ0v) is 14.6. The number of rotatable bonds is 4. The molecular formula is C16H13ClF4N4O2. The normalized spacial score (nSPS) is 16.3. The summed E-state index contributed by atoms with van der Waals surface area (Å²) in [5.74, 6) is -1.96. The largest absolute Gasteiger partial charge is 0.433 e. The summed E-state index contributed by atoms with van der Waals surface area (Å²) in [7, 11) is 1.04. The Morgan fingerprint density at radius 1 is 1.41 bits per heavy atom. The smallest absolute Gasteiger partial charge is 0.384 e. The first kappa shape index (κ1) is 19.2. The van der Waals surface area contributed by atoms with Crippen LogP contribution in [0.4, 0.5) is 17.6 Å². The molecule has 2 N–H and O–H groups in total. The third-order valence-corrected chi connectivity index (χ3v) is 4.70. The van der Waals surface area contributed by atoms with E-state index >= 15 is 0 Å². The number of nitrogens with two attached hydrogens (primary N) is 1. The van der Waals surface area contributed by atoms with E-state index in [4.69, 9.17) is 17.3 Å². The molecule has 2 aromatic rings. The molecule has 0 bridgehead atoms. The zero-order chi connectivity index (χ0) is 20.0. The van der Waals surface area contributed by atoms with Crippen molar-refractivity contribution >= 4 is 23.4 Å². The Morgan fingerprint density at radius 3 is 2.63 bits per heavy atom. The topological polar surface area (TPSA) is 82.5 Å². The maximum absolute atomic E-state index is 13.7. The fraction of sp³-hybridized carbons (Fsp3) is 0.312. The van der Waals surface area contributed by atoms with Gasteiger partial charge in [-0.25, -0.2) is 9.18 Å². The molecule has 0 amide bonds. The molecular weight excluding hydrogens is 392 g/mol. The van der Waals surface area contributed by atoms with Gasteiger partial charge in [-0.3, -0.25) is 4.68 Å². The fourth-order valence-electron chi connectivity index (χ4n) is 2.72. The number of halogens is 5. The van der Waals surface area contributed by atoms with Crippen molar-refractivity contribution in [2.75, 3.05) is 0 Å². The average Bonchev–Trinajstić information content (AvgIpc) is 3.29. The minimum Gasteiger partial charge on any atom is -0.384 e. The molecule has 1 fully saturated rings. The van der Waals surface area contributed by atoms with Crippen LogP contribution in [-0.2, 0) is 23.5 Å². The van der Waals surface area contributed by atoms with E-state index in [1.807, 2.05) is 0 Å². The van der Waals surface area contributed by atoms with E-state index in [1.165, 1.54) is 12.1 Å². The predicted octanol–water partition coefficient (Wildman–Crippen LogP) is 3.39. The van der Waals surface area contributed by atoms with Crippen LogP contribution in [-0.4, -0.2) is 21.6 Å². The van der Waals surface area contributed by atoms with Gasteiger partial charge in [0, 0.05) is 13.1 Å². The number of nitrogens with zero attached hydrogens (tertiary/aromatic N) is 3. The molecule has 1 saturated carbocycles. The summed E-state index contributed by atoms with van der Waals surface area (Å²) in [6, 6.07) is 4.78. The van der Waals surface area contributed by atoms with E-state index in [1.54, 1.807) is 6.07 Å². The zero-order valence-electron chi connectivity index (χ0n) is 13.8. The third-order valence-electron chi connectivity index (χ3n) is 4.31. The first-order chi connectivity index (χ1) is 12.6. The molecule has 1 aliphatic rings. The fourth-order valence-corrected chi connectivity index (χ4v) is 3.03. The molecule has 144 valence electrons. The van der Waals surface area contributed by atoms with E-state index in [-0.39, 0.29) is 10.9 Å². The summed E-state index contributed by atoms with van der Waals surface area (Å²) < 4.78 is 52.5. The van der Waals surface area contributed by atoms with E-state index < -0.39 is 34.8 Å². The molecule has 1 heterocycles. The van der Waals surface area contributed by atoms with Crippen LogP contribution in [0.15, 0.2) is 29.4 Å². The minimum absolute atomic E-state index is 0.112. The van der Waals surface area contributed by atoms with Gasteiger partial charge >= 0.3 is 12.1 Å². The molecule has 6 nitrogen and oxygen atoms in total. The minimum atomic E-state index is -4.67. The molecule has 0 spiro atoms. The Bertz CT molecular complexity index is 935. The molecule has 1 aromatic carbocycles. The molecule has 27 heavy (non-hydrogen) atoms. The number of aryl methyl sites for hydroxylation is 1. The number of benzene rings is 1. The lowest BCUT2D eigenvalue weighted by molar-refractivity contribution is -0.143. The van der Waals surface area contributed by atoms with Crippen LogP contribution >= 0.6 is 11.6 Å². The third kappa shape index (κ3) is 3.48. The van der Waals surface area contributed by atoms with Gasteiger partial charge in [0.15, 0.2) is 11.5 Å². The summed E-state index contributed by atoms with van der Waals surface area (Å²) in [5, 5.41) is 6.86. The first-order valence-electron chi connectivity index (χ1n) is 7.67. The lowest BCUT2D eigenvalue weighted by Crippen LogP contribution is -2.30. The van der Waals surface area contributed by atoms with Crippen molar-refractivity contribution in [3.63, 3.8) is 0 Å². The predicted molar refractivity (Wildman–Crippen MR) is 87.6 cm³/mol. The molecule has 11 heteroatoms. The lowest BCUT2D eigenvalue weighted by atomic mass is 9.94. The number of aromatic nitrogens is 2. The van der Waals surface area contributed by atoms with Gasteiger partial charge in [-0.1, -0.05) is 28.9 Å². The molecule has 0 aliphatic heterocycles. The summed E-state index contributed by atoms with van der Waals surface area (Å²) in [6.45, 7) is 0. The monoisotopic (exact) mass is 404 g/mol. The summed E-state index contributed by atoms with van der Waals surface area (Å²) in [6.07, 6.45) is -3.66. The van der Waals surface area contributed by atoms with Gasteiger partial charge in [0.05, 0.1) is 10.4 Å². The Balaban J connectivity index is 1.80. The van der Waals surface area contributed by atoms with Gasteiger partial charge in [-0.15, -0.1) is 0 Å². The van der Waals surface area contributed by atoms with Gasteiger partial charge in [0.1, 0.15) is 11.5 Å². The van der Waals surface area contributed by atoms with Crippen molar-refractivity contribution in [1.82, 2.24) is 9.78 Å². The van der Waals surface area contributed by atoms with Crippen molar-refractivity contribution in [3.8, 4) is 0 Å². The lowest BCUT2D eigenvalue weighted by Gasteiger charge is -2.16. The van der Waals surface area contributed by atoms with Gasteiger partial charge < -0.3 is 10.6 Å². The Hall–Kier alpha value is -2.62. The SMILES string of the molecule is Cn1nc(C(=O)O/N=C(\N)C2(c3cccc(F)c3Cl)CC2)cc1C(F)(F)F. The van der Waals surface area contributed by atoms with Crippen molar-refractivity contribution in [2.24, 2.45) is 17.9 Å². The van der Waals surface area contributed by atoms with Crippen LogP contribution in [0.2, 0.25) is 5.02 Å². The second kappa shape index (κ2) is 6.52. The van der Waals surface area contributed by atoms with Gasteiger partial charge in [0.2, 0.25) is 0 Å². The molecule has 0 radical (unpaired) electrons. The Labute approximate surface area is 155 Å². The molecule has 0 atom stereocenters. The van der Waals surface area contributed by atoms with Crippen LogP contribution in [0.5, 0.6) is 0 Å². The van der Waals surface area contributed by atoms with Crippen LogP contribution in [0.3, 0.4) is 0 Å². The standard InChI is InChI=1S/C16H13ClF4N4O2/c1-25-11(16(19,20)21)7-10(23-25)13(26)27-24-14(22)15(5-6-15)8-3-2-4-9(18)12(8)17/h2-4,7H,5-6H2,1H3,(H2,22,24). The van der Waals surface area contributed by atoms with E-state index in [0.717, 1.165) is 7.05 Å². The Kier molecular flexibility index (Phi) is 4.62. The number of carbonyl (C=O) groups is 1. The number of amidine groups is 1. The van der Waals surface area contributed by atoms with E-state index in [2.05, 4.69) is 15.1 Å². The summed E-state index contributed by atoms with van der Waals surface area (Å²) >= 11 is 5.97. The first-order valence-corrected chi connectivity index (χ1v) is 8.05. The highest BCUT2D eigenvalue weighted by atomic mass is 35.5. The highest BCUT2D eigenvalue weighted by Gasteiger charge is 2.50. The van der Waals surface area contributed by atoms with E-state index in [9.17, 15) is 22.4 Å². The van der Waals surface area contributed by atoms with Crippen molar-refractivity contribution in [3.05, 3.63) is 52.1 Å². The van der Waals surface area contributed by atoms with Crippen LogP contribution in [0.25, 0.3) is 0 Å². The molecule has 0 unspecified atom stereocenters. The molecule has 3 rings (SSSR count). The van der Waals surface area contributed by atoms with Crippen molar-refractivity contribution in [1.29, 1.82) is 0 Å². The van der Waals surface area contributed by atoms with E-state index in [0.29, 0.717) is 29.2 Å². The second-order valence-electron chi connectivity index (χ2n) is 6.07. The highest BCUT2D eigenvalue weighted by molar-refractivity contribution is 6.32. The van der Waals surface area contributed by atoms with Gasteiger partial charge in [-0.2, -0.15) is 18.3 Å². The Morgan fingerprint density at radius 2 is 2.07 bits per heavy atom. The molecule has 0 saturated heterocycles. The summed E-state index contributed by atoms with van der Waals surface area (Å²) in [4.78, 5) is 16.6. The van der Waals surface area contributed by atoms with Crippen molar-refractivity contribution in [2.45, 2.75) is 24.4 Å². The second-order valence-corrected chi connectivity index (χ2v) is 6.45. The number of alkyl halides is 3. The highest BCUT2D eigenvalue weighted by Crippen LogP contribution is 2.51. The van der Waals surface area contributed by atoms with Crippen LogP contribution < -0.4 is 5.73 Å². The number of oxime groups is 1. The van der Waals surface area contributed by atoms with Gasteiger partial charge in [-0.05, 0) is 24.5 Å². The molecule has 1 aromatic heterocycles. The van der Waals surface area contributed by atoms with Crippen LogP contribution in [0, 0.1) is 5.82 Å². The maximum atomic E-state index is 13.7. The number of hydrogen-bond acceptors (Lipinski definition) is 4. The quantitative estimate of drug-likeness (QED) is 0.278. The van der Waals surface area contributed by atoms with Crippen molar-refractivity contribution < 1.29 is 27.2 Å². The number of carbonyl (C=O) groups excluding carboxylic acids is 1. The van der Waals surface area contributed by atoms with Gasteiger partial charge in [0.25, 0.3) is 0 Å². The number of hydrogen-bond donors (Lipinski definition) is 1. The van der Waals surface area contributed by atoms with Crippen LogP contribution in [0.1, 0.15) is 34.6 Å². The average molecular weight is 405 g/mol. The maximum Gasteiger partial charge on any atom is 0.433 e. The molecule has 1 aliphatic carbocycles. The summed E-state index contributed by atoms with van der Waals surface area (Å²) in [5.41, 5.74) is 3.72.